The van der Waals surface area contributed by atoms with Gasteiger partial charge in [-0.25, -0.2) is 13.1 Å². The SMILES string of the molecule is O=C(NCC(c1ccccc1)c1ccccc1)C1CNCC(NS(=O)(=O)c2ccccc2OCc2ccccc2)C1. The van der Waals surface area contributed by atoms with Gasteiger partial charge in [0.15, 0.2) is 0 Å². The summed E-state index contributed by atoms with van der Waals surface area (Å²) in [6.45, 7) is 1.63. The summed E-state index contributed by atoms with van der Waals surface area (Å²) in [4.78, 5) is 13.4. The normalized spacial score (nSPS) is 17.2. The molecule has 4 aromatic rings. The lowest BCUT2D eigenvalue weighted by Gasteiger charge is -2.30. The van der Waals surface area contributed by atoms with Crippen molar-refractivity contribution in [3.05, 3.63) is 132 Å². The molecule has 1 heterocycles. The molecule has 0 aliphatic carbocycles. The van der Waals surface area contributed by atoms with Crippen LogP contribution < -0.4 is 20.1 Å². The van der Waals surface area contributed by atoms with E-state index in [4.69, 9.17) is 4.74 Å². The van der Waals surface area contributed by atoms with Gasteiger partial charge in [-0.2, -0.15) is 0 Å². The zero-order chi connectivity index (χ0) is 28.5. The number of piperidine rings is 1. The van der Waals surface area contributed by atoms with Gasteiger partial charge in [0, 0.05) is 31.6 Å². The van der Waals surface area contributed by atoms with Crippen molar-refractivity contribution in [2.24, 2.45) is 5.92 Å². The van der Waals surface area contributed by atoms with Crippen molar-refractivity contribution in [1.82, 2.24) is 15.4 Å². The van der Waals surface area contributed by atoms with Crippen LogP contribution in [0.5, 0.6) is 5.75 Å². The Bertz CT molecular complexity index is 1480. The van der Waals surface area contributed by atoms with Crippen LogP contribution in [0.2, 0.25) is 0 Å². The minimum Gasteiger partial charge on any atom is -0.487 e. The summed E-state index contributed by atoms with van der Waals surface area (Å²) in [6, 6.07) is 36.0. The summed E-state index contributed by atoms with van der Waals surface area (Å²) in [6.07, 6.45) is 0.395. The first-order valence-electron chi connectivity index (χ1n) is 13.9. The van der Waals surface area contributed by atoms with E-state index in [0.29, 0.717) is 26.1 Å². The number of amides is 1. The lowest BCUT2D eigenvalue weighted by atomic mass is 9.90. The van der Waals surface area contributed by atoms with Gasteiger partial charge in [-0.15, -0.1) is 0 Å². The Balaban J connectivity index is 1.22. The number of carbonyl (C=O) groups is 1. The van der Waals surface area contributed by atoms with Crippen LogP contribution in [-0.4, -0.2) is 40.0 Å². The van der Waals surface area contributed by atoms with Crippen LogP contribution in [0.4, 0.5) is 0 Å². The van der Waals surface area contributed by atoms with Crippen molar-refractivity contribution in [2.45, 2.75) is 29.9 Å². The predicted molar refractivity (Wildman–Crippen MR) is 160 cm³/mol. The molecule has 1 amide bonds. The highest BCUT2D eigenvalue weighted by atomic mass is 32.2. The van der Waals surface area contributed by atoms with Gasteiger partial charge < -0.3 is 15.4 Å². The molecule has 2 unspecified atom stereocenters. The van der Waals surface area contributed by atoms with Crippen LogP contribution in [0.1, 0.15) is 29.0 Å². The second kappa shape index (κ2) is 13.6. The fraction of sp³-hybridized carbons (Fsp3) is 0.242. The average molecular weight is 570 g/mol. The number of rotatable bonds is 11. The third kappa shape index (κ3) is 7.61. The average Bonchev–Trinajstić information content (AvgIpc) is 3.02. The maximum Gasteiger partial charge on any atom is 0.244 e. The Kier molecular flexibility index (Phi) is 9.46. The predicted octanol–water partition coefficient (Wildman–Crippen LogP) is 4.47. The van der Waals surface area contributed by atoms with Gasteiger partial charge in [-0.05, 0) is 35.2 Å². The van der Waals surface area contributed by atoms with Gasteiger partial charge in [0.1, 0.15) is 17.3 Å². The second-order valence-corrected chi connectivity index (χ2v) is 11.9. The van der Waals surface area contributed by atoms with E-state index in [-0.39, 0.29) is 35.0 Å². The van der Waals surface area contributed by atoms with Crippen LogP contribution in [0, 0.1) is 5.92 Å². The molecule has 1 saturated heterocycles. The van der Waals surface area contributed by atoms with Crippen LogP contribution in [0.3, 0.4) is 0 Å². The molecular formula is C33H35N3O4S. The fourth-order valence-electron chi connectivity index (χ4n) is 5.19. The van der Waals surface area contributed by atoms with Crippen LogP contribution in [0.25, 0.3) is 0 Å². The number of nitrogens with one attached hydrogen (secondary N) is 3. The Labute approximate surface area is 242 Å². The highest BCUT2D eigenvalue weighted by molar-refractivity contribution is 7.89. The molecule has 4 aromatic carbocycles. The molecular weight excluding hydrogens is 534 g/mol. The quantitative estimate of drug-likeness (QED) is 0.248. The largest absolute Gasteiger partial charge is 0.487 e. The Hall–Kier alpha value is -3.98. The molecule has 212 valence electrons. The molecule has 1 aliphatic heterocycles. The minimum absolute atomic E-state index is 0.0135. The smallest absolute Gasteiger partial charge is 0.244 e. The van der Waals surface area contributed by atoms with Crippen molar-refractivity contribution in [2.75, 3.05) is 19.6 Å². The van der Waals surface area contributed by atoms with Crippen molar-refractivity contribution < 1.29 is 17.9 Å². The zero-order valence-electron chi connectivity index (χ0n) is 22.8. The van der Waals surface area contributed by atoms with E-state index in [9.17, 15) is 13.2 Å². The standard InChI is InChI=1S/C33H35N3O4S/c37-33(35-23-30(26-14-6-2-7-15-26)27-16-8-3-9-17-27)28-20-29(22-34-21-28)36-41(38,39)32-19-11-10-18-31(32)40-24-25-12-4-1-5-13-25/h1-19,28-30,34,36H,20-24H2,(H,35,37). The number of carbonyl (C=O) groups excluding carboxylic acids is 1. The highest BCUT2D eigenvalue weighted by Crippen LogP contribution is 2.26. The molecule has 0 saturated carbocycles. The second-order valence-electron chi connectivity index (χ2n) is 10.2. The molecule has 0 aromatic heterocycles. The molecule has 41 heavy (non-hydrogen) atoms. The third-order valence-electron chi connectivity index (χ3n) is 7.30. The minimum atomic E-state index is -3.89. The zero-order valence-corrected chi connectivity index (χ0v) is 23.6. The molecule has 0 bridgehead atoms. The topological polar surface area (TPSA) is 96.5 Å². The first kappa shape index (κ1) is 28.5. The fourth-order valence-corrected chi connectivity index (χ4v) is 6.58. The van der Waals surface area contributed by atoms with Crippen molar-refractivity contribution in [1.29, 1.82) is 0 Å². The third-order valence-corrected chi connectivity index (χ3v) is 8.86. The van der Waals surface area contributed by atoms with E-state index in [1.807, 2.05) is 66.7 Å². The first-order chi connectivity index (χ1) is 20.0. The van der Waals surface area contributed by atoms with Crippen LogP contribution >= 0.6 is 0 Å². The highest BCUT2D eigenvalue weighted by Gasteiger charge is 2.31. The van der Waals surface area contributed by atoms with E-state index >= 15 is 0 Å². The summed E-state index contributed by atoms with van der Waals surface area (Å²) >= 11 is 0. The molecule has 3 N–H and O–H groups in total. The van der Waals surface area contributed by atoms with Gasteiger partial charge in [0.25, 0.3) is 0 Å². The van der Waals surface area contributed by atoms with E-state index in [0.717, 1.165) is 16.7 Å². The summed E-state index contributed by atoms with van der Waals surface area (Å²) < 4.78 is 35.5. The van der Waals surface area contributed by atoms with Crippen molar-refractivity contribution >= 4 is 15.9 Å². The number of benzene rings is 4. The van der Waals surface area contributed by atoms with E-state index in [2.05, 4.69) is 39.6 Å². The van der Waals surface area contributed by atoms with Gasteiger partial charge >= 0.3 is 0 Å². The molecule has 2 atom stereocenters. The van der Waals surface area contributed by atoms with Crippen molar-refractivity contribution in [3.8, 4) is 5.75 Å². The maximum absolute atomic E-state index is 13.4. The monoisotopic (exact) mass is 569 g/mol. The Morgan fingerprint density at radius 3 is 2.05 bits per heavy atom. The van der Waals surface area contributed by atoms with Crippen LogP contribution in [0.15, 0.2) is 120 Å². The lowest BCUT2D eigenvalue weighted by Crippen LogP contribution is -2.52. The van der Waals surface area contributed by atoms with Gasteiger partial charge in [-0.1, -0.05) is 103 Å². The molecule has 5 rings (SSSR count). The number of hydrogen-bond acceptors (Lipinski definition) is 5. The summed E-state index contributed by atoms with van der Waals surface area (Å²) in [5.74, 6) is -0.160. The van der Waals surface area contributed by atoms with Crippen LogP contribution in [-0.2, 0) is 21.4 Å². The Morgan fingerprint density at radius 1 is 0.805 bits per heavy atom. The molecule has 7 nitrogen and oxygen atoms in total. The molecule has 1 aliphatic rings. The van der Waals surface area contributed by atoms with Gasteiger partial charge in [-0.3, -0.25) is 4.79 Å². The van der Waals surface area contributed by atoms with E-state index < -0.39 is 16.1 Å². The molecule has 0 spiro atoms. The summed E-state index contributed by atoms with van der Waals surface area (Å²) in [5.41, 5.74) is 3.19. The van der Waals surface area contributed by atoms with E-state index in [1.54, 1.807) is 18.2 Å². The van der Waals surface area contributed by atoms with Gasteiger partial charge in [0.05, 0.1) is 5.92 Å². The summed E-state index contributed by atoms with van der Waals surface area (Å²) in [5, 5.41) is 6.36. The van der Waals surface area contributed by atoms with Crippen molar-refractivity contribution in [3.63, 3.8) is 0 Å². The Morgan fingerprint density at radius 2 is 1.39 bits per heavy atom. The van der Waals surface area contributed by atoms with E-state index in [1.165, 1.54) is 6.07 Å². The molecule has 0 radical (unpaired) electrons. The molecule has 1 fully saturated rings. The number of ether oxygens (including phenoxy) is 1. The maximum atomic E-state index is 13.4. The lowest BCUT2D eigenvalue weighted by molar-refractivity contribution is -0.125. The molecule has 8 heteroatoms. The first-order valence-corrected chi connectivity index (χ1v) is 15.3. The number of para-hydroxylation sites is 1. The number of sulfonamides is 1. The summed E-state index contributed by atoms with van der Waals surface area (Å²) in [7, 11) is -3.89. The van der Waals surface area contributed by atoms with Gasteiger partial charge in [0.2, 0.25) is 15.9 Å². The number of hydrogen-bond donors (Lipinski definition) is 3.